The van der Waals surface area contributed by atoms with Crippen molar-refractivity contribution < 1.29 is 0 Å². The first-order valence-corrected chi connectivity index (χ1v) is 8.44. The number of hydrogen-bond acceptors (Lipinski definition) is 4. The summed E-state index contributed by atoms with van der Waals surface area (Å²) in [6, 6.07) is 10.8. The van der Waals surface area contributed by atoms with E-state index in [2.05, 4.69) is 46.0 Å². The zero-order valence-corrected chi connectivity index (χ0v) is 15.5. The molecule has 1 heterocycles. The SMILES string of the molecule is I.c1ccc(SC2(CNC3=NCCCN3)CCCC2)cc1. The van der Waals surface area contributed by atoms with E-state index >= 15 is 0 Å². The van der Waals surface area contributed by atoms with Crippen LogP contribution < -0.4 is 10.6 Å². The molecule has 0 atom stereocenters. The van der Waals surface area contributed by atoms with Crippen LogP contribution in [-0.4, -0.2) is 30.3 Å². The molecule has 0 amide bonds. The molecule has 3 rings (SSSR count). The Morgan fingerprint density at radius 2 is 1.90 bits per heavy atom. The van der Waals surface area contributed by atoms with Crippen LogP contribution in [0.1, 0.15) is 32.1 Å². The molecule has 0 saturated heterocycles. The molecule has 1 fully saturated rings. The molecule has 0 radical (unpaired) electrons. The minimum Gasteiger partial charge on any atom is -0.356 e. The number of aliphatic imine (C=N–C) groups is 1. The van der Waals surface area contributed by atoms with Crippen molar-refractivity contribution >= 4 is 41.7 Å². The van der Waals surface area contributed by atoms with Crippen molar-refractivity contribution in [2.24, 2.45) is 4.99 Å². The molecule has 0 aromatic heterocycles. The van der Waals surface area contributed by atoms with E-state index in [0.717, 1.165) is 32.0 Å². The number of halogens is 1. The molecular weight excluding hydrogens is 393 g/mol. The molecule has 0 bridgehead atoms. The molecule has 0 unspecified atom stereocenters. The van der Waals surface area contributed by atoms with Crippen LogP contribution in [0.15, 0.2) is 40.2 Å². The van der Waals surface area contributed by atoms with Gasteiger partial charge in [0.2, 0.25) is 0 Å². The second-order valence-electron chi connectivity index (χ2n) is 5.67. The fourth-order valence-corrected chi connectivity index (χ4v) is 4.40. The van der Waals surface area contributed by atoms with Gasteiger partial charge in [-0.25, -0.2) is 0 Å². The third kappa shape index (κ3) is 4.77. The molecule has 21 heavy (non-hydrogen) atoms. The molecule has 116 valence electrons. The van der Waals surface area contributed by atoms with E-state index in [1.807, 2.05) is 11.8 Å². The van der Waals surface area contributed by atoms with E-state index in [4.69, 9.17) is 0 Å². The number of thioether (sulfide) groups is 1. The Morgan fingerprint density at radius 1 is 1.14 bits per heavy atom. The van der Waals surface area contributed by atoms with Gasteiger partial charge in [0.25, 0.3) is 0 Å². The molecule has 3 nitrogen and oxygen atoms in total. The summed E-state index contributed by atoms with van der Waals surface area (Å²) >= 11 is 2.04. The van der Waals surface area contributed by atoms with Gasteiger partial charge in [0.15, 0.2) is 5.96 Å². The Bertz CT molecular complexity index is 458. The van der Waals surface area contributed by atoms with Gasteiger partial charge >= 0.3 is 0 Å². The van der Waals surface area contributed by atoms with Gasteiger partial charge in [0.1, 0.15) is 0 Å². The van der Waals surface area contributed by atoms with Gasteiger partial charge in [-0.1, -0.05) is 31.0 Å². The van der Waals surface area contributed by atoms with Gasteiger partial charge < -0.3 is 10.6 Å². The van der Waals surface area contributed by atoms with Gasteiger partial charge in [-0.15, -0.1) is 35.7 Å². The highest BCUT2D eigenvalue weighted by molar-refractivity contribution is 14.0. The Balaban J connectivity index is 0.00000161. The largest absolute Gasteiger partial charge is 0.356 e. The summed E-state index contributed by atoms with van der Waals surface area (Å²) in [6.07, 6.45) is 6.44. The van der Waals surface area contributed by atoms with E-state index in [1.165, 1.54) is 30.6 Å². The maximum atomic E-state index is 4.51. The van der Waals surface area contributed by atoms with Crippen LogP contribution in [0, 0.1) is 0 Å². The van der Waals surface area contributed by atoms with Crippen molar-refractivity contribution in [2.75, 3.05) is 19.6 Å². The fraction of sp³-hybridized carbons (Fsp3) is 0.562. The first kappa shape index (κ1) is 16.9. The molecule has 1 aromatic carbocycles. The molecule has 5 heteroatoms. The van der Waals surface area contributed by atoms with Crippen LogP contribution >= 0.6 is 35.7 Å². The van der Waals surface area contributed by atoms with Crippen molar-refractivity contribution in [1.29, 1.82) is 0 Å². The third-order valence-corrected chi connectivity index (χ3v) is 5.56. The third-order valence-electron chi connectivity index (χ3n) is 4.07. The van der Waals surface area contributed by atoms with Gasteiger partial charge in [0, 0.05) is 29.3 Å². The van der Waals surface area contributed by atoms with E-state index in [-0.39, 0.29) is 24.0 Å². The number of rotatable bonds is 4. The minimum atomic E-state index is 0. The topological polar surface area (TPSA) is 36.4 Å². The quantitative estimate of drug-likeness (QED) is 0.735. The molecule has 0 spiro atoms. The molecule has 1 saturated carbocycles. The molecule has 1 aliphatic carbocycles. The van der Waals surface area contributed by atoms with Crippen molar-refractivity contribution in [2.45, 2.75) is 41.7 Å². The number of nitrogens with zero attached hydrogens (tertiary/aromatic N) is 1. The van der Waals surface area contributed by atoms with Crippen molar-refractivity contribution in [3.8, 4) is 0 Å². The standard InChI is InChI=1S/C16H23N3S.HI/c1-2-7-14(8-3-1)20-16(9-4-5-10-16)13-19-15-17-11-6-12-18-15;/h1-3,7-8H,4-6,9-13H2,(H2,17,18,19);1H. The Hall–Kier alpha value is -0.430. The highest BCUT2D eigenvalue weighted by Crippen LogP contribution is 2.44. The highest BCUT2D eigenvalue weighted by Gasteiger charge is 2.35. The Morgan fingerprint density at radius 3 is 2.57 bits per heavy atom. The first-order valence-electron chi connectivity index (χ1n) is 7.63. The molecule has 2 aliphatic rings. The van der Waals surface area contributed by atoms with Crippen molar-refractivity contribution in [3.63, 3.8) is 0 Å². The smallest absolute Gasteiger partial charge is 0.191 e. The van der Waals surface area contributed by atoms with Gasteiger partial charge in [0.05, 0.1) is 0 Å². The van der Waals surface area contributed by atoms with E-state index < -0.39 is 0 Å². The summed E-state index contributed by atoms with van der Waals surface area (Å²) in [4.78, 5) is 5.90. The number of nitrogens with one attached hydrogen (secondary N) is 2. The lowest BCUT2D eigenvalue weighted by Crippen LogP contribution is -2.46. The molecule has 2 N–H and O–H groups in total. The predicted octanol–water partition coefficient (Wildman–Crippen LogP) is 3.65. The summed E-state index contributed by atoms with van der Waals surface area (Å²) in [5, 5.41) is 6.90. The lowest BCUT2D eigenvalue weighted by molar-refractivity contribution is 0.576. The average Bonchev–Trinajstić information content (AvgIpc) is 2.96. The summed E-state index contributed by atoms with van der Waals surface area (Å²) in [7, 11) is 0. The average molecular weight is 417 g/mol. The first-order chi connectivity index (χ1) is 9.86. The Kier molecular flexibility index (Phi) is 6.67. The lowest BCUT2D eigenvalue weighted by Gasteiger charge is -2.30. The van der Waals surface area contributed by atoms with E-state index in [0.29, 0.717) is 4.75 Å². The van der Waals surface area contributed by atoms with Crippen LogP contribution in [0.5, 0.6) is 0 Å². The second-order valence-corrected chi connectivity index (χ2v) is 7.21. The van der Waals surface area contributed by atoms with Crippen LogP contribution in [0.25, 0.3) is 0 Å². The summed E-state index contributed by atoms with van der Waals surface area (Å²) in [5.41, 5.74) is 0. The number of guanidine groups is 1. The van der Waals surface area contributed by atoms with E-state index in [1.54, 1.807) is 0 Å². The normalized spacial score (nSPS) is 20.1. The van der Waals surface area contributed by atoms with E-state index in [9.17, 15) is 0 Å². The highest BCUT2D eigenvalue weighted by atomic mass is 127. The van der Waals surface area contributed by atoms with Crippen LogP contribution in [0.3, 0.4) is 0 Å². The summed E-state index contributed by atoms with van der Waals surface area (Å²) in [5.74, 6) is 0.996. The Labute approximate surface area is 148 Å². The molecular formula is C16H24IN3S. The van der Waals surface area contributed by atoms with Crippen LogP contribution in [-0.2, 0) is 0 Å². The van der Waals surface area contributed by atoms with Crippen molar-refractivity contribution in [3.05, 3.63) is 30.3 Å². The minimum absolute atomic E-state index is 0. The molecule has 1 aliphatic heterocycles. The maximum absolute atomic E-state index is 4.51. The predicted molar refractivity (Wildman–Crippen MR) is 102 cm³/mol. The zero-order chi connectivity index (χ0) is 13.7. The fourth-order valence-electron chi connectivity index (χ4n) is 2.97. The lowest BCUT2D eigenvalue weighted by atomic mass is 10.1. The summed E-state index contributed by atoms with van der Waals surface area (Å²) < 4.78 is 0.336. The van der Waals surface area contributed by atoms with Crippen molar-refractivity contribution in [1.82, 2.24) is 10.6 Å². The zero-order valence-electron chi connectivity index (χ0n) is 12.3. The summed E-state index contributed by atoms with van der Waals surface area (Å²) in [6.45, 7) is 3.01. The molecule has 1 aromatic rings. The van der Waals surface area contributed by atoms with Gasteiger partial charge in [-0.2, -0.15) is 0 Å². The van der Waals surface area contributed by atoms with Gasteiger partial charge in [-0.3, -0.25) is 4.99 Å². The van der Waals surface area contributed by atoms with Crippen LogP contribution in [0.2, 0.25) is 0 Å². The number of hydrogen-bond donors (Lipinski definition) is 2. The number of benzene rings is 1. The van der Waals surface area contributed by atoms with Crippen LogP contribution in [0.4, 0.5) is 0 Å². The second kappa shape index (κ2) is 8.27. The maximum Gasteiger partial charge on any atom is 0.191 e. The van der Waals surface area contributed by atoms with Gasteiger partial charge in [-0.05, 0) is 31.4 Å². The monoisotopic (exact) mass is 417 g/mol.